The summed E-state index contributed by atoms with van der Waals surface area (Å²) in [7, 11) is 0. The molecule has 0 N–H and O–H groups in total. The summed E-state index contributed by atoms with van der Waals surface area (Å²) in [5, 5.41) is 0. The van der Waals surface area contributed by atoms with Gasteiger partial charge in [0.2, 0.25) is 0 Å². The summed E-state index contributed by atoms with van der Waals surface area (Å²) in [6, 6.07) is 0. The van der Waals surface area contributed by atoms with Crippen molar-refractivity contribution in [1.29, 1.82) is 0 Å². The molecule has 370 valence electrons. The number of hydrogen-bond donors (Lipinski definition) is 0. The predicted molar refractivity (Wildman–Crippen MR) is 270 cm³/mol. The lowest BCUT2D eigenvalue weighted by Crippen LogP contribution is -2.30. The third-order valence-electron chi connectivity index (χ3n) is 13.1. The highest BCUT2D eigenvalue weighted by Gasteiger charge is 2.17. The van der Waals surface area contributed by atoms with Crippen LogP contribution in [0.4, 0.5) is 0 Å². The van der Waals surface area contributed by atoms with Crippen molar-refractivity contribution >= 4 is 11.9 Å². The van der Waals surface area contributed by atoms with Gasteiger partial charge in [0.05, 0.1) is 6.61 Å². The lowest BCUT2D eigenvalue weighted by Gasteiger charge is -2.18. The van der Waals surface area contributed by atoms with E-state index in [-0.39, 0.29) is 18.5 Å². The minimum absolute atomic E-state index is 0.0983. The Labute approximate surface area is 389 Å². The number of hydrogen-bond acceptors (Lipinski definition) is 5. The van der Waals surface area contributed by atoms with Crippen LogP contribution in [0.15, 0.2) is 0 Å². The lowest BCUT2D eigenvalue weighted by molar-refractivity contribution is -0.163. The largest absolute Gasteiger partial charge is 0.462 e. The number of unbranched alkanes of at least 4 members (excludes halogenated alkanes) is 43. The van der Waals surface area contributed by atoms with E-state index in [1.54, 1.807) is 0 Å². The Morgan fingerprint density at radius 1 is 0.290 bits per heavy atom. The van der Waals surface area contributed by atoms with Gasteiger partial charge in [0, 0.05) is 19.4 Å². The van der Waals surface area contributed by atoms with Crippen LogP contribution < -0.4 is 0 Å². The minimum Gasteiger partial charge on any atom is -0.462 e. The molecule has 5 heteroatoms. The van der Waals surface area contributed by atoms with E-state index in [9.17, 15) is 9.59 Å². The number of ether oxygens (including phenoxy) is 3. The number of rotatable bonds is 54. The molecule has 0 rings (SSSR count). The van der Waals surface area contributed by atoms with Gasteiger partial charge >= 0.3 is 11.9 Å². The summed E-state index contributed by atoms with van der Waals surface area (Å²) >= 11 is 0. The molecular weight excluding hydrogens is 765 g/mol. The predicted octanol–water partition coefficient (Wildman–Crippen LogP) is 19.2. The van der Waals surface area contributed by atoms with E-state index < -0.39 is 6.10 Å². The van der Waals surface area contributed by atoms with Crippen molar-refractivity contribution in [2.45, 2.75) is 335 Å². The van der Waals surface area contributed by atoms with E-state index in [0.29, 0.717) is 26.1 Å². The van der Waals surface area contributed by atoms with Gasteiger partial charge in [-0.2, -0.15) is 0 Å². The lowest BCUT2D eigenvalue weighted by atomic mass is 10.0. The quantitative estimate of drug-likeness (QED) is 0.0450. The molecule has 0 saturated heterocycles. The molecule has 0 bridgehead atoms. The molecule has 0 spiro atoms. The van der Waals surface area contributed by atoms with Crippen molar-refractivity contribution in [1.82, 2.24) is 0 Å². The van der Waals surface area contributed by atoms with Crippen LogP contribution in [0.2, 0.25) is 0 Å². The van der Waals surface area contributed by atoms with Gasteiger partial charge in [0.1, 0.15) is 6.61 Å². The second kappa shape index (κ2) is 54.2. The number of esters is 2. The first-order chi connectivity index (χ1) is 30.6. The van der Waals surface area contributed by atoms with Gasteiger partial charge in [-0.05, 0) is 19.3 Å². The molecule has 1 atom stereocenters. The first-order valence-electron chi connectivity index (χ1n) is 28.6. The average molecular weight is 878 g/mol. The summed E-state index contributed by atoms with van der Waals surface area (Å²) in [6.07, 6.45) is 61.2. The highest BCUT2D eigenvalue weighted by molar-refractivity contribution is 5.70. The van der Waals surface area contributed by atoms with E-state index in [1.807, 2.05) is 0 Å². The van der Waals surface area contributed by atoms with Crippen LogP contribution >= 0.6 is 0 Å². The smallest absolute Gasteiger partial charge is 0.306 e. The Morgan fingerprint density at radius 2 is 0.532 bits per heavy atom. The molecule has 62 heavy (non-hydrogen) atoms. The molecule has 0 radical (unpaired) electrons. The molecule has 0 fully saturated rings. The van der Waals surface area contributed by atoms with Crippen LogP contribution in [0.5, 0.6) is 0 Å². The van der Waals surface area contributed by atoms with Crippen molar-refractivity contribution < 1.29 is 23.8 Å². The van der Waals surface area contributed by atoms with Gasteiger partial charge in [0.15, 0.2) is 6.10 Å². The fourth-order valence-electron chi connectivity index (χ4n) is 8.87. The van der Waals surface area contributed by atoms with Crippen molar-refractivity contribution in [2.24, 2.45) is 0 Å². The zero-order valence-corrected chi connectivity index (χ0v) is 42.7. The zero-order valence-electron chi connectivity index (χ0n) is 42.7. The third-order valence-corrected chi connectivity index (χ3v) is 13.1. The van der Waals surface area contributed by atoms with E-state index in [1.165, 1.54) is 263 Å². The molecule has 0 aliphatic carbocycles. The topological polar surface area (TPSA) is 61.8 Å². The van der Waals surface area contributed by atoms with Crippen molar-refractivity contribution in [3.8, 4) is 0 Å². The summed E-state index contributed by atoms with van der Waals surface area (Å²) in [4.78, 5) is 25.5. The molecule has 0 aliphatic heterocycles. The van der Waals surface area contributed by atoms with E-state index in [0.717, 1.165) is 32.1 Å². The molecule has 0 aromatic rings. The molecule has 0 aromatic heterocycles. The average Bonchev–Trinajstić information content (AvgIpc) is 3.27. The fraction of sp³-hybridized carbons (Fsp3) is 0.965. The van der Waals surface area contributed by atoms with Gasteiger partial charge in [0.25, 0.3) is 0 Å². The molecule has 0 aromatic carbocycles. The van der Waals surface area contributed by atoms with Gasteiger partial charge < -0.3 is 14.2 Å². The summed E-state index contributed by atoms with van der Waals surface area (Å²) in [6.45, 7) is 7.92. The third kappa shape index (κ3) is 51.5. The van der Waals surface area contributed by atoms with Gasteiger partial charge in [-0.15, -0.1) is 0 Å². The highest BCUT2D eigenvalue weighted by atomic mass is 16.6. The monoisotopic (exact) mass is 877 g/mol. The SMILES string of the molecule is CCCCCCCCCCCCCCCCCCCCCC(=O)OCC(COCCCCCCCCCCCCCCCC)OC(=O)CCCCCCCCCCCCCCC. The maximum Gasteiger partial charge on any atom is 0.306 e. The summed E-state index contributed by atoms with van der Waals surface area (Å²) in [5.74, 6) is -0.366. The van der Waals surface area contributed by atoms with Gasteiger partial charge in [-0.25, -0.2) is 0 Å². The Hall–Kier alpha value is -1.10. The molecule has 1 unspecified atom stereocenters. The molecular formula is C57H112O5. The number of carbonyl (C=O) groups excluding carboxylic acids is 2. The molecule has 0 amide bonds. The van der Waals surface area contributed by atoms with Crippen molar-refractivity contribution in [3.63, 3.8) is 0 Å². The highest BCUT2D eigenvalue weighted by Crippen LogP contribution is 2.17. The summed E-state index contributed by atoms with van der Waals surface area (Å²) in [5.41, 5.74) is 0. The van der Waals surface area contributed by atoms with Crippen LogP contribution in [0, 0.1) is 0 Å². The maximum absolute atomic E-state index is 12.8. The number of carbonyl (C=O) groups is 2. The first-order valence-corrected chi connectivity index (χ1v) is 28.6. The van der Waals surface area contributed by atoms with Crippen LogP contribution in [0.1, 0.15) is 329 Å². The van der Waals surface area contributed by atoms with Crippen LogP contribution in [-0.2, 0) is 23.8 Å². The Bertz CT molecular complexity index is 860. The second-order valence-corrected chi connectivity index (χ2v) is 19.6. The Kier molecular flexibility index (Phi) is 53.3. The molecule has 0 aliphatic rings. The minimum atomic E-state index is -0.523. The first kappa shape index (κ1) is 60.9. The Balaban J connectivity index is 4.14. The normalized spacial score (nSPS) is 12.0. The fourth-order valence-corrected chi connectivity index (χ4v) is 8.87. The molecule has 0 saturated carbocycles. The second-order valence-electron chi connectivity index (χ2n) is 19.6. The zero-order chi connectivity index (χ0) is 44.9. The molecule has 0 heterocycles. The molecule has 5 nitrogen and oxygen atoms in total. The van der Waals surface area contributed by atoms with Crippen molar-refractivity contribution in [3.05, 3.63) is 0 Å². The standard InChI is InChI=1S/C57H112O5/c1-4-7-10-13-16-19-22-25-27-28-29-30-31-33-35-38-41-44-47-50-56(58)61-54-55(53-60-52-49-46-43-40-37-34-26-23-20-17-14-11-8-5-2)62-57(59)51-48-45-42-39-36-32-24-21-18-15-12-9-6-3/h55H,4-54H2,1-3H3. The van der Waals surface area contributed by atoms with Crippen LogP contribution in [0.3, 0.4) is 0 Å². The van der Waals surface area contributed by atoms with Crippen LogP contribution in [-0.4, -0.2) is 37.9 Å². The van der Waals surface area contributed by atoms with Crippen molar-refractivity contribution in [2.75, 3.05) is 19.8 Å². The van der Waals surface area contributed by atoms with Gasteiger partial charge in [-0.1, -0.05) is 297 Å². The summed E-state index contributed by atoms with van der Waals surface area (Å²) < 4.78 is 17.5. The maximum atomic E-state index is 12.8. The van der Waals surface area contributed by atoms with E-state index in [2.05, 4.69) is 20.8 Å². The van der Waals surface area contributed by atoms with E-state index >= 15 is 0 Å². The Morgan fingerprint density at radius 3 is 0.823 bits per heavy atom. The van der Waals surface area contributed by atoms with Crippen LogP contribution in [0.25, 0.3) is 0 Å². The van der Waals surface area contributed by atoms with E-state index in [4.69, 9.17) is 14.2 Å². The van der Waals surface area contributed by atoms with Gasteiger partial charge in [-0.3, -0.25) is 9.59 Å².